The number of aromatic nitrogens is 2. The number of carbonyl (C=O) groups excluding carboxylic acids is 1. The van der Waals surface area contributed by atoms with Gasteiger partial charge in [-0.3, -0.25) is 4.79 Å². The van der Waals surface area contributed by atoms with Crippen LogP contribution in [-0.4, -0.2) is 26.6 Å². The van der Waals surface area contributed by atoms with Gasteiger partial charge in [-0.15, -0.1) is 0 Å². The molecule has 4 rings (SSSR count). The molecule has 3 aromatic rings. The monoisotopic (exact) mass is 403 g/mol. The van der Waals surface area contributed by atoms with Crippen LogP contribution in [0.4, 0.5) is 0 Å². The Balaban J connectivity index is 1.75. The zero-order chi connectivity index (χ0) is 21.1. The van der Waals surface area contributed by atoms with Crippen LogP contribution >= 0.6 is 0 Å². The Morgan fingerprint density at radius 3 is 2.37 bits per heavy atom. The van der Waals surface area contributed by atoms with E-state index in [0.717, 1.165) is 42.0 Å². The fourth-order valence-electron chi connectivity index (χ4n) is 3.58. The number of benzene rings is 2. The number of aryl methyl sites for hydroxylation is 1. The highest BCUT2D eigenvalue weighted by molar-refractivity contribution is 5.81. The molecule has 1 aromatic heterocycles. The van der Waals surface area contributed by atoms with Gasteiger partial charge in [0.25, 0.3) is 0 Å². The topological polar surface area (TPSA) is 47.4 Å². The van der Waals surface area contributed by atoms with Gasteiger partial charge in [0.05, 0.1) is 23.5 Å². The van der Waals surface area contributed by atoms with Crippen LogP contribution in [0.1, 0.15) is 44.4 Å². The Morgan fingerprint density at radius 1 is 1.13 bits per heavy atom. The van der Waals surface area contributed by atoms with Crippen molar-refractivity contribution in [3.8, 4) is 17.3 Å². The minimum atomic E-state index is 0.169. The van der Waals surface area contributed by atoms with Gasteiger partial charge in [0, 0.05) is 12.0 Å². The number of nitrogens with zero attached hydrogens (tertiary/aromatic N) is 3. The molecular formula is C25H29N3O2. The van der Waals surface area contributed by atoms with E-state index >= 15 is 0 Å². The third kappa shape index (κ3) is 4.25. The van der Waals surface area contributed by atoms with Crippen LogP contribution in [-0.2, 0) is 11.3 Å². The maximum Gasteiger partial charge on any atom is 0.227 e. The summed E-state index contributed by atoms with van der Waals surface area (Å²) in [7, 11) is 0. The second-order valence-electron chi connectivity index (χ2n) is 8.03. The largest absolute Gasteiger partial charge is 0.439 e. The van der Waals surface area contributed by atoms with Crippen molar-refractivity contribution < 1.29 is 9.53 Å². The van der Waals surface area contributed by atoms with E-state index < -0.39 is 0 Å². The number of para-hydroxylation sites is 2. The lowest BCUT2D eigenvalue weighted by molar-refractivity contribution is -0.135. The molecule has 0 unspecified atom stereocenters. The average molecular weight is 404 g/mol. The van der Waals surface area contributed by atoms with Crippen molar-refractivity contribution >= 4 is 5.91 Å². The van der Waals surface area contributed by atoms with E-state index in [0.29, 0.717) is 12.4 Å². The fourth-order valence-corrected chi connectivity index (χ4v) is 3.58. The van der Waals surface area contributed by atoms with Crippen LogP contribution in [0.5, 0.6) is 11.6 Å². The van der Waals surface area contributed by atoms with Crippen molar-refractivity contribution in [1.82, 2.24) is 14.7 Å². The van der Waals surface area contributed by atoms with E-state index in [2.05, 4.69) is 13.8 Å². The summed E-state index contributed by atoms with van der Waals surface area (Å²) in [5.41, 5.74) is 2.76. The lowest BCUT2D eigenvalue weighted by Crippen LogP contribution is -2.38. The maximum atomic E-state index is 13.0. The molecule has 1 amide bonds. The Kier molecular flexibility index (Phi) is 5.88. The van der Waals surface area contributed by atoms with Crippen molar-refractivity contribution in [2.24, 2.45) is 5.92 Å². The summed E-state index contributed by atoms with van der Waals surface area (Å²) in [4.78, 5) is 15.0. The van der Waals surface area contributed by atoms with Crippen LogP contribution in [0.15, 0.2) is 60.7 Å². The second kappa shape index (κ2) is 8.74. The van der Waals surface area contributed by atoms with E-state index in [9.17, 15) is 4.79 Å². The molecule has 1 saturated carbocycles. The molecule has 1 heterocycles. The zero-order valence-electron chi connectivity index (χ0n) is 17.9. The van der Waals surface area contributed by atoms with E-state index in [4.69, 9.17) is 9.84 Å². The summed E-state index contributed by atoms with van der Waals surface area (Å²) in [6.07, 6.45) is 2.92. The molecule has 156 valence electrons. The number of carbonyl (C=O) groups is 1. The summed E-state index contributed by atoms with van der Waals surface area (Å²) in [6.45, 7) is 6.74. The summed E-state index contributed by atoms with van der Waals surface area (Å²) < 4.78 is 8.19. The first kappa shape index (κ1) is 20.2. The van der Waals surface area contributed by atoms with Gasteiger partial charge in [0.1, 0.15) is 5.75 Å². The Bertz CT molecular complexity index is 994. The van der Waals surface area contributed by atoms with Gasteiger partial charge in [-0.05, 0) is 57.4 Å². The third-order valence-corrected chi connectivity index (χ3v) is 5.76. The first-order valence-electron chi connectivity index (χ1n) is 10.8. The third-order valence-electron chi connectivity index (χ3n) is 5.76. The Morgan fingerprint density at radius 2 is 1.77 bits per heavy atom. The molecule has 0 N–H and O–H groups in total. The second-order valence-corrected chi connectivity index (χ2v) is 8.03. The minimum absolute atomic E-state index is 0.169. The molecule has 5 heteroatoms. The van der Waals surface area contributed by atoms with Crippen molar-refractivity contribution in [3.63, 3.8) is 0 Å². The van der Waals surface area contributed by atoms with Crippen LogP contribution in [0, 0.1) is 12.8 Å². The van der Waals surface area contributed by atoms with Crippen molar-refractivity contribution in [1.29, 1.82) is 0 Å². The molecule has 1 aliphatic rings. The van der Waals surface area contributed by atoms with Gasteiger partial charge in [-0.25, -0.2) is 4.68 Å². The highest BCUT2D eigenvalue weighted by Gasteiger charge is 2.36. The fraction of sp³-hybridized carbons (Fsp3) is 0.360. The summed E-state index contributed by atoms with van der Waals surface area (Å²) in [6, 6.07) is 19.9. The highest BCUT2D eigenvalue weighted by Crippen LogP contribution is 2.35. The summed E-state index contributed by atoms with van der Waals surface area (Å²) in [5.74, 6) is 1.85. The molecular weight excluding hydrogens is 374 g/mol. The predicted octanol–water partition coefficient (Wildman–Crippen LogP) is 5.51. The van der Waals surface area contributed by atoms with E-state index in [1.54, 1.807) is 0 Å². The molecule has 0 saturated heterocycles. The first-order valence-corrected chi connectivity index (χ1v) is 10.8. The lowest BCUT2D eigenvalue weighted by atomic mass is 10.1. The quantitative estimate of drug-likeness (QED) is 0.498. The van der Waals surface area contributed by atoms with Crippen molar-refractivity contribution in [2.45, 2.75) is 52.6 Å². The number of amides is 1. The van der Waals surface area contributed by atoms with E-state index in [1.807, 2.05) is 77.2 Å². The van der Waals surface area contributed by atoms with Crippen molar-refractivity contribution in [2.75, 3.05) is 0 Å². The number of ether oxygens (including phenoxy) is 1. The molecule has 30 heavy (non-hydrogen) atoms. The molecule has 1 aliphatic carbocycles. The first-order chi connectivity index (χ1) is 14.6. The number of hydrogen-bond donors (Lipinski definition) is 0. The number of rotatable bonds is 8. The summed E-state index contributed by atoms with van der Waals surface area (Å²) >= 11 is 0. The van der Waals surface area contributed by atoms with Gasteiger partial charge >= 0.3 is 0 Å². The van der Waals surface area contributed by atoms with E-state index in [1.165, 1.54) is 0 Å². The van der Waals surface area contributed by atoms with Crippen LogP contribution in [0.3, 0.4) is 0 Å². The molecule has 0 aliphatic heterocycles. The van der Waals surface area contributed by atoms with Gasteiger partial charge in [-0.2, -0.15) is 5.10 Å². The number of hydrogen-bond acceptors (Lipinski definition) is 3. The predicted molar refractivity (Wildman–Crippen MR) is 118 cm³/mol. The molecule has 5 nitrogen and oxygen atoms in total. The average Bonchev–Trinajstić information content (AvgIpc) is 3.58. The van der Waals surface area contributed by atoms with E-state index in [-0.39, 0.29) is 17.9 Å². The molecule has 1 fully saturated rings. The SMILES string of the molecule is CC[C@@H](C)N(Cc1c(C)nn(-c2ccccc2)c1Oc1ccccc1)C(=O)C1CC1. The van der Waals surface area contributed by atoms with Gasteiger partial charge < -0.3 is 9.64 Å². The lowest BCUT2D eigenvalue weighted by Gasteiger charge is -2.29. The van der Waals surface area contributed by atoms with Crippen LogP contribution in [0.25, 0.3) is 5.69 Å². The van der Waals surface area contributed by atoms with Crippen LogP contribution < -0.4 is 4.74 Å². The minimum Gasteiger partial charge on any atom is -0.439 e. The van der Waals surface area contributed by atoms with Gasteiger partial charge in [0.15, 0.2) is 0 Å². The summed E-state index contributed by atoms with van der Waals surface area (Å²) in [5, 5.41) is 4.79. The molecule has 0 spiro atoms. The Hall–Kier alpha value is -3.08. The maximum absolute atomic E-state index is 13.0. The highest BCUT2D eigenvalue weighted by atomic mass is 16.5. The molecule has 0 radical (unpaired) electrons. The smallest absolute Gasteiger partial charge is 0.227 e. The van der Waals surface area contributed by atoms with Gasteiger partial charge in [0.2, 0.25) is 11.8 Å². The normalized spacial score (nSPS) is 14.4. The van der Waals surface area contributed by atoms with Crippen molar-refractivity contribution in [3.05, 3.63) is 71.9 Å². The molecule has 2 aromatic carbocycles. The Labute approximate surface area is 178 Å². The zero-order valence-corrected chi connectivity index (χ0v) is 17.9. The standard InChI is InChI=1S/C25H29N3O2/c1-4-18(2)27(24(29)20-15-16-20)17-23-19(3)26-28(21-11-7-5-8-12-21)25(23)30-22-13-9-6-10-14-22/h5-14,18,20H,4,15-17H2,1-3H3/t18-/m1/s1. The van der Waals surface area contributed by atoms with Crippen LogP contribution in [0.2, 0.25) is 0 Å². The molecule has 0 bridgehead atoms. The van der Waals surface area contributed by atoms with Gasteiger partial charge in [-0.1, -0.05) is 43.3 Å². The molecule has 1 atom stereocenters.